The smallest absolute Gasteiger partial charge is 0.126 e. The molecule has 36 heavy (non-hydrogen) atoms. The Labute approximate surface area is 213 Å². The molecule has 6 heteroatoms. The molecule has 188 valence electrons. The molecule has 0 amide bonds. The molecular formula is C30H36N4O2. The van der Waals surface area contributed by atoms with Gasteiger partial charge >= 0.3 is 0 Å². The first-order valence-electron chi connectivity index (χ1n) is 12.1. The van der Waals surface area contributed by atoms with Crippen LogP contribution >= 0.6 is 0 Å². The van der Waals surface area contributed by atoms with Crippen molar-refractivity contribution in [2.24, 2.45) is 4.99 Å². The number of para-hydroxylation sites is 1. The fourth-order valence-electron chi connectivity index (χ4n) is 3.80. The molecule has 3 aromatic rings. The van der Waals surface area contributed by atoms with E-state index < -0.39 is 0 Å². The van der Waals surface area contributed by atoms with Crippen LogP contribution in [0, 0.1) is 0 Å². The molecule has 2 aromatic heterocycles. The van der Waals surface area contributed by atoms with Gasteiger partial charge in [-0.3, -0.25) is 10.1 Å². The molecule has 2 heterocycles. The number of nitrogens with zero attached hydrogens (tertiary/aromatic N) is 2. The Morgan fingerprint density at radius 2 is 1.97 bits per heavy atom. The Balaban J connectivity index is 1.70. The summed E-state index contributed by atoms with van der Waals surface area (Å²) in [5, 5.41) is 8.73. The average molecular weight is 485 g/mol. The van der Waals surface area contributed by atoms with E-state index in [1.807, 2.05) is 50.4 Å². The molecule has 0 bridgehead atoms. The van der Waals surface area contributed by atoms with Gasteiger partial charge in [-0.2, -0.15) is 5.10 Å². The van der Waals surface area contributed by atoms with E-state index in [2.05, 4.69) is 63.5 Å². The van der Waals surface area contributed by atoms with Gasteiger partial charge in [0.25, 0.3) is 0 Å². The third-order valence-corrected chi connectivity index (χ3v) is 5.55. The third kappa shape index (κ3) is 7.55. The topological polar surface area (TPSA) is 75.3 Å². The third-order valence-electron chi connectivity index (χ3n) is 5.55. The van der Waals surface area contributed by atoms with Crippen molar-refractivity contribution in [1.82, 2.24) is 15.2 Å². The maximum absolute atomic E-state index is 5.87. The van der Waals surface area contributed by atoms with E-state index in [1.165, 1.54) is 5.39 Å². The van der Waals surface area contributed by atoms with Crippen LogP contribution in [0.15, 0.2) is 82.2 Å². The highest BCUT2D eigenvalue weighted by Gasteiger charge is 2.08. The van der Waals surface area contributed by atoms with Crippen LogP contribution in [0.5, 0.6) is 0 Å². The number of H-pyrrole nitrogens is 2. The van der Waals surface area contributed by atoms with Crippen LogP contribution in [-0.2, 0) is 9.47 Å². The number of aromatic nitrogens is 3. The molecule has 2 N–H and O–H groups in total. The molecule has 1 aromatic carbocycles. The van der Waals surface area contributed by atoms with E-state index >= 15 is 0 Å². The van der Waals surface area contributed by atoms with E-state index in [9.17, 15) is 0 Å². The predicted molar refractivity (Wildman–Crippen MR) is 152 cm³/mol. The van der Waals surface area contributed by atoms with Crippen LogP contribution in [0.4, 0.5) is 0 Å². The standard InChI is InChI=1S/C30H36N4O2/c1-6-8-26(30(35-5)23(3)21-36-20-22(2)15-17-31-4)12-14-28-19-27(33-34-28)13-11-24-9-7-10-25-16-18-32-29(24)25/h7-19,32H,6,20-21H2,1-5H3,(H,33,34)/b13-11+,14-12+,22-15+,26-8-,30-23+,31-17-. The minimum Gasteiger partial charge on any atom is -0.496 e. The lowest BCUT2D eigenvalue weighted by Gasteiger charge is -2.13. The van der Waals surface area contributed by atoms with Crippen LogP contribution in [0.25, 0.3) is 29.1 Å². The highest BCUT2D eigenvalue weighted by molar-refractivity contribution is 5.90. The molecule has 0 fully saturated rings. The van der Waals surface area contributed by atoms with Crippen molar-refractivity contribution in [3.05, 3.63) is 94.2 Å². The van der Waals surface area contributed by atoms with Gasteiger partial charge in [0.2, 0.25) is 0 Å². The summed E-state index contributed by atoms with van der Waals surface area (Å²) in [7, 11) is 3.45. The second-order valence-electron chi connectivity index (χ2n) is 8.50. The number of nitrogens with one attached hydrogen (secondary N) is 2. The number of benzene rings is 1. The van der Waals surface area contributed by atoms with Gasteiger partial charge in [-0.05, 0) is 78.8 Å². The van der Waals surface area contributed by atoms with Crippen molar-refractivity contribution >= 4 is 35.3 Å². The summed E-state index contributed by atoms with van der Waals surface area (Å²) in [4.78, 5) is 7.27. The van der Waals surface area contributed by atoms with E-state index in [1.54, 1.807) is 20.4 Å². The molecule has 6 nitrogen and oxygen atoms in total. The van der Waals surface area contributed by atoms with Crippen molar-refractivity contribution in [3.63, 3.8) is 0 Å². The summed E-state index contributed by atoms with van der Waals surface area (Å²) in [5.41, 5.74) is 7.19. The summed E-state index contributed by atoms with van der Waals surface area (Å²) in [5.74, 6) is 0.819. The zero-order chi connectivity index (χ0) is 25.8. The molecule has 3 rings (SSSR count). The van der Waals surface area contributed by atoms with Crippen LogP contribution < -0.4 is 0 Å². The zero-order valence-electron chi connectivity index (χ0n) is 21.8. The SMILES string of the molecule is CC/C=C(/C=C/c1cc(/C=C/c2cccc3cc[nH]c23)[nH]n1)C(\OC)=C(\C)COC/C(C)=C/C=N\C. The molecular weight excluding hydrogens is 448 g/mol. The lowest BCUT2D eigenvalue weighted by Crippen LogP contribution is -2.04. The summed E-state index contributed by atoms with van der Waals surface area (Å²) >= 11 is 0. The van der Waals surface area contributed by atoms with Gasteiger partial charge in [-0.1, -0.05) is 37.3 Å². The van der Waals surface area contributed by atoms with Gasteiger partial charge in [-0.15, -0.1) is 0 Å². The number of hydrogen-bond acceptors (Lipinski definition) is 4. The summed E-state index contributed by atoms with van der Waals surface area (Å²) in [6.45, 7) is 7.20. The maximum atomic E-state index is 5.87. The molecule has 0 unspecified atom stereocenters. The first-order chi connectivity index (χ1) is 17.5. The van der Waals surface area contributed by atoms with Gasteiger partial charge in [0.1, 0.15) is 5.76 Å². The minimum absolute atomic E-state index is 0.484. The average Bonchev–Trinajstić information content (AvgIpc) is 3.55. The largest absolute Gasteiger partial charge is 0.496 e. The molecule has 0 atom stereocenters. The van der Waals surface area contributed by atoms with Gasteiger partial charge in [-0.25, -0.2) is 0 Å². The van der Waals surface area contributed by atoms with Gasteiger partial charge in [0, 0.05) is 25.0 Å². The lowest BCUT2D eigenvalue weighted by molar-refractivity contribution is 0.174. The van der Waals surface area contributed by atoms with E-state index in [4.69, 9.17) is 9.47 Å². The minimum atomic E-state index is 0.484. The fourth-order valence-corrected chi connectivity index (χ4v) is 3.80. The van der Waals surface area contributed by atoms with Crippen LogP contribution in [-0.4, -0.2) is 48.8 Å². The van der Waals surface area contributed by atoms with Crippen molar-refractivity contribution < 1.29 is 9.47 Å². The summed E-state index contributed by atoms with van der Waals surface area (Å²) in [6.07, 6.45) is 16.9. The highest BCUT2D eigenvalue weighted by Crippen LogP contribution is 2.21. The molecule has 0 saturated carbocycles. The molecule has 0 aliphatic carbocycles. The number of allylic oxidation sites excluding steroid dienone is 3. The van der Waals surface area contributed by atoms with E-state index in [0.29, 0.717) is 13.2 Å². The number of ether oxygens (including phenoxy) is 2. The van der Waals surface area contributed by atoms with Crippen LogP contribution in [0.2, 0.25) is 0 Å². The lowest BCUT2D eigenvalue weighted by atomic mass is 10.1. The van der Waals surface area contributed by atoms with Crippen LogP contribution in [0.1, 0.15) is 44.1 Å². The zero-order valence-corrected chi connectivity index (χ0v) is 21.8. The predicted octanol–water partition coefficient (Wildman–Crippen LogP) is 6.99. The molecule has 0 aliphatic rings. The van der Waals surface area contributed by atoms with Crippen molar-refractivity contribution in [2.45, 2.75) is 27.2 Å². The fraction of sp³-hybridized carbons (Fsp3) is 0.267. The number of hydrogen-bond donors (Lipinski definition) is 2. The maximum Gasteiger partial charge on any atom is 0.126 e. The Kier molecular flexibility index (Phi) is 10.3. The van der Waals surface area contributed by atoms with Gasteiger partial charge < -0.3 is 14.5 Å². The summed E-state index contributed by atoms with van der Waals surface area (Å²) < 4.78 is 11.6. The van der Waals surface area contributed by atoms with Crippen molar-refractivity contribution in [2.75, 3.05) is 27.4 Å². The Hall–Kier alpha value is -3.90. The monoisotopic (exact) mass is 484 g/mol. The number of methoxy groups -OCH3 is 1. The summed E-state index contributed by atoms with van der Waals surface area (Å²) in [6, 6.07) is 10.3. The molecule has 0 saturated heterocycles. The molecule has 0 radical (unpaired) electrons. The number of aliphatic imine (C=N–C) groups is 1. The number of rotatable bonds is 12. The van der Waals surface area contributed by atoms with Crippen LogP contribution in [0.3, 0.4) is 0 Å². The quantitative estimate of drug-likeness (QED) is 0.165. The Morgan fingerprint density at radius 1 is 1.11 bits per heavy atom. The normalized spacial score (nSPS) is 14.0. The van der Waals surface area contributed by atoms with E-state index in [-0.39, 0.29) is 0 Å². The first kappa shape index (κ1) is 26.7. The highest BCUT2D eigenvalue weighted by atomic mass is 16.5. The first-order valence-corrected chi connectivity index (χ1v) is 12.1. The van der Waals surface area contributed by atoms with E-state index in [0.717, 1.165) is 51.4 Å². The van der Waals surface area contributed by atoms with Gasteiger partial charge in [0.15, 0.2) is 0 Å². The van der Waals surface area contributed by atoms with Crippen molar-refractivity contribution in [3.8, 4) is 0 Å². The van der Waals surface area contributed by atoms with Gasteiger partial charge in [0.05, 0.1) is 37.2 Å². The Morgan fingerprint density at radius 3 is 2.75 bits per heavy atom. The molecule has 0 aliphatic heterocycles. The number of fused-ring (bicyclic) bond motifs is 1. The van der Waals surface area contributed by atoms with Crippen molar-refractivity contribution in [1.29, 1.82) is 0 Å². The second kappa shape index (κ2) is 13.9. The number of aromatic amines is 2. The molecule has 0 spiro atoms. The Bertz CT molecular complexity index is 1320. The second-order valence-corrected chi connectivity index (χ2v) is 8.50.